The van der Waals surface area contributed by atoms with Crippen LogP contribution in [-0.4, -0.2) is 56.4 Å². The maximum absolute atomic E-state index is 13.2. The maximum Gasteiger partial charge on any atom is 0.235 e. The summed E-state index contributed by atoms with van der Waals surface area (Å²) in [5.41, 5.74) is 0.556. The molecule has 2 N–H and O–H groups in total. The molecule has 2 heterocycles. The van der Waals surface area contributed by atoms with Gasteiger partial charge in [0.15, 0.2) is 0 Å². The lowest BCUT2D eigenvalue weighted by molar-refractivity contribution is -0.918. The predicted octanol–water partition coefficient (Wildman–Crippen LogP) is 0.669. The number of hydrogen-bond donors (Lipinski definition) is 2. The Balaban J connectivity index is 1.62. The lowest BCUT2D eigenvalue weighted by Gasteiger charge is -2.32. The Morgan fingerprint density at radius 3 is 2.47 bits per heavy atom. The van der Waals surface area contributed by atoms with Gasteiger partial charge in [-0.2, -0.15) is 0 Å². The molecule has 0 atom stereocenters. The maximum atomic E-state index is 13.2. The summed E-state index contributed by atoms with van der Waals surface area (Å²) in [6.45, 7) is 6.41. The summed E-state index contributed by atoms with van der Waals surface area (Å²) in [6.07, 6.45) is 0. The zero-order valence-electron chi connectivity index (χ0n) is 18.3. The number of methoxy groups -OCH3 is 1. The molecule has 1 aliphatic rings. The van der Waals surface area contributed by atoms with E-state index < -0.39 is 0 Å². The average molecular weight is 440 g/mol. The lowest BCUT2D eigenvalue weighted by atomic mass is 10.1. The van der Waals surface area contributed by atoms with Crippen molar-refractivity contribution >= 4 is 11.0 Å². The van der Waals surface area contributed by atoms with Crippen molar-refractivity contribution in [3.63, 3.8) is 0 Å². The van der Waals surface area contributed by atoms with E-state index in [0.717, 1.165) is 26.2 Å². The highest BCUT2D eigenvalue weighted by Gasteiger charge is 2.23. The van der Waals surface area contributed by atoms with E-state index in [0.29, 0.717) is 46.9 Å². The topological polar surface area (TPSA) is 99.6 Å². The Morgan fingerprint density at radius 1 is 1.12 bits per heavy atom. The van der Waals surface area contributed by atoms with Crippen LogP contribution in [0.2, 0.25) is 0 Å². The number of piperazine rings is 1. The number of quaternary nitrogens is 1. The van der Waals surface area contributed by atoms with Crippen molar-refractivity contribution in [2.75, 3.05) is 46.4 Å². The van der Waals surface area contributed by atoms with Crippen molar-refractivity contribution in [3.05, 3.63) is 57.9 Å². The minimum atomic E-state index is -0.302. The van der Waals surface area contributed by atoms with E-state index in [9.17, 15) is 9.90 Å². The Bertz CT molecular complexity index is 1130. The number of β-amino-alcohol motifs (C(OH)–C–C–N with tert-alkyl or cyclic N) is 1. The van der Waals surface area contributed by atoms with Gasteiger partial charge in [-0.15, -0.1) is 0 Å². The zero-order valence-corrected chi connectivity index (χ0v) is 18.3. The van der Waals surface area contributed by atoms with Crippen molar-refractivity contribution in [2.45, 2.75) is 13.5 Å². The fourth-order valence-corrected chi connectivity index (χ4v) is 4.10. The highest BCUT2D eigenvalue weighted by atomic mass is 16.5. The molecule has 3 aromatic rings. The first-order valence-electron chi connectivity index (χ1n) is 10.7. The van der Waals surface area contributed by atoms with Gasteiger partial charge in [0.05, 0.1) is 32.2 Å². The van der Waals surface area contributed by atoms with Gasteiger partial charge in [0.2, 0.25) is 11.2 Å². The van der Waals surface area contributed by atoms with E-state index in [1.807, 2.05) is 0 Å². The van der Waals surface area contributed by atoms with E-state index in [2.05, 4.69) is 4.90 Å². The van der Waals surface area contributed by atoms with Crippen LogP contribution in [0.4, 0.5) is 0 Å². The summed E-state index contributed by atoms with van der Waals surface area (Å²) in [6, 6.07) is 9.88. The van der Waals surface area contributed by atoms with Crippen LogP contribution in [0, 0.1) is 6.92 Å². The molecule has 4 rings (SSSR count). The highest BCUT2D eigenvalue weighted by Crippen LogP contribution is 2.30. The number of aryl methyl sites for hydroxylation is 1. The van der Waals surface area contributed by atoms with Crippen LogP contribution in [0.15, 0.2) is 45.6 Å². The Labute approximate surface area is 186 Å². The number of ether oxygens (including phenoxy) is 2. The van der Waals surface area contributed by atoms with Gasteiger partial charge in [0.1, 0.15) is 29.4 Å². The van der Waals surface area contributed by atoms with Crippen molar-refractivity contribution in [1.82, 2.24) is 4.90 Å². The highest BCUT2D eigenvalue weighted by molar-refractivity contribution is 5.83. The van der Waals surface area contributed by atoms with Gasteiger partial charge in [0, 0.05) is 25.2 Å². The molecule has 1 aromatic heterocycles. The second-order valence-corrected chi connectivity index (χ2v) is 8.01. The molecule has 2 aromatic carbocycles. The van der Waals surface area contributed by atoms with Gasteiger partial charge < -0.3 is 29.0 Å². The normalized spacial score (nSPS) is 15.2. The third-order valence-corrected chi connectivity index (χ3v) is 5.93. The second kappa shape index (κ2) is 9.60. The van der Waals surface area contributed by atoms with Gasteiger partial charge in [-0.1, -0.05) is 11.8 Å². The third kappa shape index (κ3) is 4.57. The van der Waals surface area contributed by atoms with E-state index in [-0.39, 0.29) is 23.5 Å². The standard InChI is InChI=1S/C24H28N2O6/c1-16-23(32-18-5-3-17(30-2)4-6-18)22(29)19-7-8-21(28)20(24(19)31-16)15-26-11-9-25(10-12-26)13-14-27/h3-8,27-28H,9-15H2,1-2H3. The first-order valence-corrected chi connectivity index (χ1v) is 10.7. The van der Waals surface area contributed by atoms with Gasteiger partial charge in [0.25, 0.3) is 0 Å². The van der Waals surface area contributed by atoms with Crippen molar-refractivity contribution in [1.29, 1.82) is 0 Å². The van der Waals surface area contributed by atoms with E-state index in [4.69, 9.17) is 19.0 Å². The summed E-state index contributed by atoms with van der Waals surface area (Å²) in [5.74, 6) is 1.48. The fraction of sp³-hybridized carbons (Fsp3) is 0.375. The second-order valence-electron chi connectivity index (χ2n) is 8.01. The molecule has 170 valence electrons. The number of nitrogens with one attached hydrogen (secondary N) is 1. The lowest BCUT2D eigenvalue weighted by Crippen LogP contribution is -3.13. The third-order valence-electron chi connectivity index (χ3n) is 5.93. The minimum absolute atomic E-state index is 0.109. The van der Waals surface area contributed by atoms with Crippen LogP contribution in [0.1, 0.15) is 11.3 Å². The Kier molecular flexibility index (Phi) is 6.64. The number of nitrogens with zero attached hydrogens (tertiary/aromatic N) is 1. The number of hydrogen-bond acceptors (Lipinski definition) is 7. The number of fused-ring (bicyclic) bond motifs is 1. The molecule has 1 fully saturated rings. The summed E-state index contributed by atoms with van der Waals surface area (Å²) in [5, 5.41) is 22.1. The molecule has 0 unspecified atom stereocenters. The zero-order chi connectivity index (χ0) is 22.7. The molecule has 0 radical (unpaired) electrons. The SMILES string of the molecule is COc1ccc(Oc2c(C)oc3c(C[NH+]4CCN(CCO)CC4)c([O-])ccc3c2=O)cc1. The Morgan fingerprint density at radius 2 is 1.81 bits per heavy atom. The van der Waals surface area contributed by atoms with Crippen LogP contribution in [0.5, 0.6) is 23.0 Å². The van der Waals surface area contributed by atoms with Crippen molar-refractivity contribution in [3.8, 4) is 23.0 Å². The van der Waals surface area contributed by atoms with Crippen molar-refractivity contribution < 1.29 is 29.0 Å². The molecule has 1 saturated heterocycles. The van der Waals surface area contributed by atoms with Crippen molar-refractivity contribution in [2.24, 2.45) is 0 Å². The Hall–Kier alpha value is -3.07. The largest absolute Gasteiger partial charge is 0.872 e. The van der Waals surface area contributed by atoms with E-state index >= 15 is 0 Å². The molecule has 32 heavy (non-hydrogen) atoms. The summed E-state index contributed by atoms with van der Waals surface area (Å²) in [4.78, 5) is 16.7. The fourth-order valence-electron chi connectivity index (χ4n) is 4.10. The smallest absolute Gasteiger partial charge is 0.235 e. The number of aliphatic hydroxyl groups is 1. The quantitative estimate of drug-likeness (QED) is 0.557. The molecule has 8 nitrogen and oxygen atoms in total. The van der Waals surface area contributed by atoms with E-state index in [1.165, 1.54) is 17.0 Å². The van der Waals surface area contributed by atoms with E-state index in [1.54, 1.807) is 38.3 Å². The molecule has 0 spiro atoms. The molecular formula is C24H28N2O6. The van der Waals surface area contributed by atoms with Crippen LogP contribution < -0.4 is 24.9 Å². The number of rotatable bonds is 7. The van der Waals surface area contributed by atoms with Crippen LogP contribution in [0.25, 0.3) is 11.0 Å². The first kappa shape index (κ1) is 22.1. The van der Waals surface area contributed by atoms with Gasteiger partial charge in [-0.3, -0.25) is 9.69 Å². The number of aliphatic hydroxyl groups excluding tert-OH is 1. The molecule has 1 aliphatic heterocycles. The van der Waals surface area contributed by atoms with Gasteiger partial charge in [-0.05, 0) is 37.3 Å². The predicted molar refractivity (Wildman–Crippen MR) is 118 cm³/mol. The molecule has 8 heteroatoms. The summed E-state index contributed by atoms with van der Waals surface area (Å²) in [7, 11) is 1.58. The molecule has 0 bridgehead atoms. The molecule has 0 saturated carbocycles. The monoisotopic (exact) mass is 440 g/mol. The van der Waals surface area contributed by atoms with Gasteiger partial charge in [-0.25, -0.2) is 0 Å². The van der Waals surface area contributed by atoms with Gasteiger partial charge >= 0.3 is 0 Å². The minimum Gasteiger partial charge on any atom is -0.872 e. The van der Waals surface area contributed by atoms with Crippen LogP contribution in [0.3, 0.4) is 0 Å². The molecule has 0 amide bonds. The summed E-state index contributed by atoms with van der Waals surface area (Å²) < 4.78 is 17.0. The number of benzene rings is 2. The molecular weight excluding hydrogens is 412 g/mol. The van der Waals surface area contributed by atoms with Crippen LogP contribution in [-0.2, 0) is 6.54 Å². The summed E-state index contributed by atoms with van der Waals surface area (Å²) >= 11 is 0. The average Bonchev–Trinajstić information content (AvgIpc) is 2.80. The first-order chi connectivity index (χ1) is 15.5. The molecule has 0 aliphatic carbocycles. The van der Waals surface area contributed by atoms with Crippen LogP contribution >= 0.6 is 0 Å².